The van der Waals surface area contributed by atoms with Crippen molar-refractivity contribution in [3.05, 3.63) is 59.4 Å². The summed E-state index contributed by atoms with van der Waals surface area (Å²) in [6.07, 6.45) is 0.904. The molecule has 0 aromatic heterocycles. The second kappa shape index (κ2) is 9.55. The van der Waals surface area contributed by atoms with Crippen LogP contribution in [-0.2, 0) is 6.54 Å². The molecule has 2 aromatic rings. The zero-order valence-electron chi connectivity index (χ0n) is 16.5. The predicted molar refractivity (Wildman–Crippen MR) is 106 cm³/mol. The summed E-state index contributed by atoms with van der Waals surface area (Å²) in [5.74, 6) is 0.996. The van der Waals surface area contributed by atoms with Crippen molar-refractivity contribution in [3.8, 4) is 11.5 Å². The van der Waals surface area contributed by atoms with Gasteiger partial charge in [0.1, 0.15) is 5.82 Å². The fourth-order valence-electron chi connectivity index (χ4n) is 3.44. The van der Waals surface area contributed by atoms with Gasteiger partial charge in [-0.1, -0.05) is 12.1 Å². The molecule has 1 aliphatic heterocycles. The molecule has 0 N–H and O–H groups in total. The van der Waals surface area contributed by atoms with Crippen molar-refractivity contribution in [2.24, 2.45) is 0 Å². The van der Waals surface area contributed by atoms with Gasteiger partial charge in [-0.2, -0.15) is 0 Å². The summed E-state index contributed by atoms with van der Waals surface area (Å²) in [6, 6.07) is 11.9. The van der Waals surface area contributed by atoms with Crippen molar-refractivity contribution in [1.29, 1.82) is 0 Å². The Bertz CT molecular complexity index is 795. The Morgan fingerprint density at radius 3 is 2.54 bits per heavy atom. The standard InChI is InChI=1S/C22H27FN2O3/c1-3-28-20-10-7-18(15-21(20)27-2)22(26)25-12-4-11-24(13-14-25)16-17-5-8-19(23)9-6-17/h5-10,15H,3-4,11-14,16H2,1-2H3. The summed E-state index contributed by atoms with van der Waals surface area (Å²) in [4.78, 5) is 17.2. The third-order valence-electron chi connectivity index (χ3n) is 4.91. The van der Waals surface area contributed by atoms with E-state index < -0.39 is 0 Å². The van der Waals surface area contributed by atoms with E-state index in [-0.39, 0.29) is 11.7 Å². The fraction of sp³-hybridized carbons (Fsp3) is 0.409. The molecule has 1 heterocycles. The zero-order chi connectivity index (χ0) is 19.9. The van der Waals surface area contributed by atoms with Gasteiger partial charge >= 0.3 is 0 Å². The first-order valence-electron chi connectivity index (χ1n) is 9.67. The van der Waals surface area contributed by atoms with E-state index in [9.17, 15) is 9.18 Å². The second-order valence-corrected chi connectivity index (χ2v) is 6.85. The Labute approximate surface area is 165 Å². The van der Waals surface area contributed by atoms with E-state index in [4.69, 9.17) is 9.47 Å². The number of carbonyl (C=O) groups is 1. The highest BCUT2D eigenvalue weighted by molar-refractivity contribution is 5.95. The number of ether oxygens (including phenoxy) is 2. The molecule has 0 atom stereocenters. The zero-order valence-corrected chi connectivity index (χ0v) is 16.5. The molecule has 1 aliphatic rings. The van der Waals surface area contributed by atoms with Crippen LogP contribution in [0.25, 0.3) is 0 Å². The molecule has 150 valence electrons. The van der Waals surface area contributed by atoms with E-state index in [1.807, 2.05) is 24.0 Å². The number of hydrogen-bond donors (Lipinski definition) is 0. The summed E-state index contributed by atoms with van der Waals surface area (Å²) in [5, 5.41) is 0. The molecular formula is C22H27FN2O3. The summed E-state index contributed by atoms with van der Waals surface area (Å²) < 4.78 is 24.0. The second-order valence-electron chi connectivity index (χ2n) is 6.85. The topological polar surface area (TPSA) is 42.0 Å². The Hall–Kier alpha value is -2.60. The summed E-state index contributed by atoms with van der Waals surface area (Å²) in [6.45, 7) is 6.29. The van der Waals surface area contributed by atoms with Crippen LogP contribution in [0.1, 0.15) is 29.3 Å². The predicted octanol–water partition coefficient (Wildman–Crippen LogP) is 3.58. The van der Waals surface area contributed by atoms with Crippen LogP contribution in [-0.4, -0.2) is 55.6 Å². The number of hydrogen-bond acceptors (Lipinski definition) is 4. The lowest BCUT2D eigenvalue weighted by molar-refractivity contribution is 0.0760. The summed E-state index contributed by atoms with van der Waals surface area (Å²) >= 11 is 0. The quantitative estimate of drug-likeness (QED) is 0.761. The van der Waals surface area contributed by atoms with E-state index in [1.165, 1.54) is 12.1 Å². The van der Waals surface area contributed by atoms with Crippen LogP contribution >= 0.6 is 0 Å². The summed E-state index contributed by atoms with van der Waals surface area (Å²) in [7, 11) is 1.57. The summed E-state index contributed by atoms with van der Waals surface area (Å²) in [5.41, 5.74) is 1.68. The minimum Gasteiger partial charge on any atom is -0.493 e. The number of methoxy groups -OCH3 is 1. The van der Waals surface area contributed by atoms with Gasteiger partial charge in [0.05, 0.1) is 13.7 Å². The van der Waals surface area contributed by atoms with Crippen molar-refractivity contribution in [2.75, 3.05) is 39.9 Å². The molecule has 1 saturated heterocycles. The molecule has 28 heavy (non-hydrogen) atoms. The van der Waals surface area contributed by atoms with Gasteiger partial charge in [0.15, 0.2) is 11.5 Å². The fourth-order valence-corrected chi connectivity index (χ4v) is 3.44. The van der Waals surface area contributed by atoms with Crippen molar-refractivity contribution >= 4 is 5.91 Å². The molecule has 5 nitrogen and oxygen atoms in total. The molecule has 1 amide bonds. The highest BCUT2D eigenvalue weighted by Crippen LogP contribution is 2.28. The molecule has 0 unspecified atom stereocenters. The Morgan fingerprint density at radius 2 is 1.82 bits per heavy atom. The average molecular weight is 386 g/mol. The highest BCUT2D eigenvalue weighted by atomic mass is 19.1. The van der Waals surface area contributed by atoms with Crippen LogP contribution in [0.5, 0.6) is 11.5 Å². The minimum absolute atomic E-state index is 0.00461. The number of nitrogens with zero attached hydrogens (tertiary/aromatic N) is 2. The van der Waals surface area contributed by atoms with Gasteiger partial charge in [0, 0.05) is 38.3 Å². The van der Waals surface area contributed by atoms with E-state index >= 15 is 0 Å². The SMILES string of the molecule is CCOc1ccc(C(=O)N2CCCN(Cc3ccc(F)cc3)CC2)cc1OC. The van der Waals surface area contributed by atoms with Gasteiger partial charge < -0.3 is 14.4 Å². The third-order valence-corrected chi connectivity index (χ3v) is 4.91. The van der Waals surface area contributed by atoms with E-state index in [2.05, 4.69) is 4.90 Å². The van der Waals surface area contributed by atoms with Crippen LogP contribution < -0.4 is 9.47 Å². The number of amides is 1. The van der Waals surface area contributed by atoms with Crippen LogP contribution in [0, 0.1) is 5.82 Å². The van der Waals surface area contributed by atoms with Gasteiger partial charge in [-0.15, -0.1) is 0 Å². The van der Waals surface area contributed by atoms with E-state index in [0.717, 1.165) is 31.6 Å². The van der Waals surface area contributed by atoms with Gasteiger partial charge in [0.25, 0.3) is 5.91 Å². The van der Waals surface area contributed by atoms with E-state index in [1.54, 1.807) is 25.3 Å². The molecule has 3 rings (SSSR count). The van der Waals surface area contributed by atoms with Crippen molar-refractivity contribution < 1.29 is 18.7 Å². The van der Waals surface area contributed by atoms with Gasteiger partial charge in [-0.05, 0) is 49.2 Å². The van der Waals surface area contributed by atoms with Crippen LogP contribution in [0.4, 0.5) is 4.39 Å². The molecule has 6 heteroatoms. The number of carbonyl (C=O) groups excluding carboxylic acids is 1. The molecule has 0 saturated carbocycles. The monoisotopic (exact) mass is 386 g/mol. The Balaban J connectivity index is 1.63. The maximum absolute atomic E-state index is 13.1. The van der Waals surface area contributed by atoms with E-state index in [0.29, 0.717) is 36.8 Å². The average Bonchev–Trinajstić information content (AvgIpc) is 2.95. The lowest BCUT2D eigenvalue weighted by Gasteiger charge is -2.22. The maximum Gasteiger partial charge on any atom is 0.254 e. The van der Waals surface area contributed by atoms with Crippen molar-refractivity contribution in [2.45, 2.75) is 19.9 Å². The minimum atomic E-state index is -0.220. The van der Waals surface area contributed by atoms with Crippen LogP contribution in [0.3, 0.4) is 0 Å². The number of benzene rings is 2. The van der Waals surface area contributed by atoms with Crippen molar-refractivity contribution in [1.82, 2.24) is 9.80 Å². The molecule has 0 radical (unpaired) electrons. The third kappa shape index (κ3) is 5.01. The smallest absolute Gasteiger partial charge is 0.254 e. The first-order chi connectivity index (χ1) is 13.6. The molecule has 1 fully saturated rings. The van der Waals surface area contributed by atoms with Crippen molar-refractivity contribution in [3.63, 3.8) is 0 Å². The first-order valence-corrected chi connectivity index (χ1v) is 9.67. The largest absolute Gasteiger partial charge is 0.493 e. The molecule has 0 spiro atoms. The number of halogens is 1. The Kier molecular flexibility index (Phi) is 6.87. The Morgan fingerprint density at radius 1 is 1.04 bits per heavy atom. The van der Waals surface area contributed by atoms with Gasteiger partial charge in [0.2, 0.25) is 0 Å². The lowest BCUT2D eigenvalue weighted by Crippen LogP contribution is -2.35. The van der Waals surface area contributed by atoms with Gasteiger partial charge in [-0.25, -0.2) is 4.39 Å². The highest BCUT2D eigenvalue weighted by Gasteiger charge is 2.21. The molecule has 2 aromatic carbocycles. The molecular weight excluding hydrogens is 359 g/mol. The van der Waals surface area contributed by atoms with Gasteiger partial charge in [-0.3, -0.25) is 9.69 Å². The number of rotatable bonds is 6. The van der Waals surface area contributed by atoms with Crippen LogP contribution in [0.15, 0.2) is 42.5 Å². The molecule has 0 aliphatic carbocycles. The lowest BCUT2D eigenvalue weighted by atomic mass is 10.1. The molecule has 0 bridgehead atoms. The normalized spacial score (nSPS) is 15.2. The maximum atomic E-state index is 13.1. The van der Waals surface area contributed by atoms with Crippen LogP contribution in [0.2, 0.25) is 0 Å². The first kappa shape index (κ1) is 20.1.